The average Bonchev–Trinajstić information content (AvgIpc) is 3.09. The summed E-state index contributed by atoms with van der Waals surface area (Å²) in [5.74, 6) is -0.963. The Bertz CT molecular complexity index is 1320. The molecule has 0 spiro atoms. The Kier molecular flexibility index (Phi) is 6.62. The van der Waals surface area contributed by atoms with Gasteiger partial charge in [0.1, 0.15) is 5.00 Å². The van der Waals surface area contributed by atoms with E-state index < -0.39 is 17.2 Å². The minimum Gasteiger partial charge on any atom is -0.755 e. The summed E-state index contributed by atoms with van der Waals surface area (Å²) < 4.78 is 27.1. The summed E-state index contributed by atoms with van der Waals surface area (Å²) in [6.45, 7) is 1.90. The van der Waals surface area contributed by atoms with Gasteiger partial charge in [-0.1, -0.05) is 41.9 Å². The first-order valence-electron chi connectivity index (χ1n) is 9.83. The van der Waals surface area contributed by atoms with Crippen molar-refractivity contribution < 1.29 is 18.7 Å². The highest BCUT2D eigenvalue weighted by Crippen LogP contribution is 2.43. The van der Waals surface area contributed by atoms with Crippen LogP contribution in [-0.2, 0) is 24.1 Å². The van der Waals surface area contributed by atoms with Crippen LogP contribution in [0.3, 0.4) is 0 Å². The first-order chi connectivity index (χ1) is 15.3. The smallest absolute Gasteiger partial charge is 0.335 e. The molecule has 8 heteroatoms. The predicted molar refractivity (Wildman–Crippen MR) is 130 cm³/mol. The molecule has 164 valence electrons. The van der Waals surface area contributed by atoms with Gasteiger partial charge in [0.05, 0.1) is 22.5 Å². The van der Waals surface area contributed by atoms with Crippen molar-refractivity contribution in [1.29, 1.82) is 0 Å². The number of fused-ring (bicyclic) bond motifs is 1. The summed E-state index contributed by atoms with van der Waals surface area (Å²) in [4.78, 5) is 11.1. The highest BCUT2D eigenvalue weighted by Gasteiger charge is 2.20. The fraction of sp³-hybridized carbons (Fsp3) is 0.125. The van der Waals surface area contributed by atoms with Gasteiger partial charge in [-0.2, -0.15) is 0 Å². The number of nitrogens with zero attached hydrogens (tertiary/aromatic N) is 1. The lowest BCUT2D eigenvalue weighted by Crippen LogP contribution is -2.20. The van der Waals surface area contributed by atoms with Gasteiger partial charge >= 0.3 is 5.97 Å². The number of para-hydroxylation sites is 1. The van der Waals surface area contributed by atoms with E-state index in [9.17, 15) is 13.6 Å². The fourth-order valence-corrected chi connectivity index (χ4v) is 5.83. The number of halogens is 1. The number of hydrogen-bond donors (Lipinski definition) is 1. The van der Waals surface area contributed by atoms with E-state index in [4.69, 9.17) is 16.7 Å². The van der Waals surface area contributed by atoms with Gasteiger partial charge in [-0.05, 0) is 78.2 Å². The summed E-state index contributed by atoms with van der Waals surface area (Å²) in [7, 11) is 0. The number of anilines is 2. The molecule has 32 heavy (non-hydrogen) atoms. The fourth-order valence-electron chi connectivity index (χ4n) is 3.64. The maximum atomic E-state index is 12.4. The standard InChI is InChI=1S/C24H20ClNO4S2/c1-15-20-14-19(25)12-13-22(20)31-23(15)26(32(29)30)21-5-3-2-4-17(21)9-6-16-7-10-18(11-8-16)24(27)28/h2-5,7-8,10-14H,6,9H2,1H3,(H,27,28)(H,29,30)/p-1. The van der Waals surface area contributed by atoms with Crippen LogP contribution in [0.5, 0.6) is 0 Å². The molecule has 0 bridgehead atoms. The lowest BCUT2D eigenvalue weighted by atomic mass is 10.0. The highest BCUT2D eigenvalue weighted by molar-refractivity contribution is 7.81. The third-order valence-electron chi connectivity index (χ3n) is 5.30. The summed E-state index contributed by atoms with van der Waals surface area (Å²) in [6, 6.07) is 19.7. The SMILES string of the molecule is Cc1c(N(c2ccccc2CCc2ccc(C(=O)O)cc2)S(=O)[O-])sc2ccc(Cl)cc12. The molecular formula is C24H19ClNO4S2-. The molecular weight excluding hydrogens is 466 g/mol. The highest BCUT2D eigenvalue weighted by atomic mass is 35.5. The molecule has 0 aliphatic rings. The van der Waals surface area contributed by atoms with E-state index in [1.54, 1.807) is 36.4 Å². The van der Waals surface area contributed by atoms with Gasteiger partial charge in [-0.3, -0.25) is 8.51 Å². The minimum absolute atomic E-state index is 0.238. The molecule has 1 heterocycles. The number of aromatic carboxylic acids is 1. The summed E-state index contributed by atoms with van der Waals surface area (Å²) in [6.07, 6.45) is 1.25. The molecule has 1 unspecified atom stereocenters. The van der Waals surface area contributed by atoms with Crippen LogP contribution in [0.25, 0.3) is 10.1 Å². The second kappa shape index (κ2) is 9.42. The topological polar surface area (TPSA) is 80.7 Å². The number of hydrogen-bond acceptors (Lipinski definition) is 4. The maximum absolute atomic E-state index is 12.4. The second-order valence-electron chi connectivity index (χ2n) is 7.31. The van der Waals surface area contributed by atoms with Crippen LogP contribution in [-0.4, -0.2) is 19.8 Å². The van der Waals surface area contributed by atoms with Crippen LogP contribution in [0.1, 0.15) is 27.0 Å². The summed E-state index contributed by atoms with van der Waals surface area (Å²) in [5, 5.41) is 11.2. The lowest BCUT2D eigenvalue weighted by Gasteiger charge is -2.28. The van der Waals surface area contributed by atoms with E-state index in [0.29, 0.717) is 28.6 Å². The zero-order chi connectivity index (χ0) is 22.8. The van der Waals surface area contributed by atoms with E-state index in [2.05, 4.69) is 0 Å². The Labute approximate surface area is 197 Å². The van der Waals surface area contributed by atoms with Crippen molar-refractivity contribution in [2.45, 2.75) is 19.8 Å². The average molecular weight is 485 g/mol. The van der Waals surface area contributed by atoms with E-state index in [1.165, 1.54) is 15.6 Å². The number of benzene rings is 3. The Morgan fingerprint density at radius 3 is 2.50 bits per heavy atom. The molecule has 5 nitrogen and oxygen atoms in total. The van der Waals surface area contributed by atoms with Crippen molar-refractivity contribution in [3.8, 4) is 0 Å². The van der Waals surface area contributed by atoms with Crippen molar-refractivity contribution in [3.05, 3.63) is 94.0 Å². The zero-order valence-corrected chi connectivity index (χ0v) is 19.5. The number of aryl methyl sites for hydroxylation is 3. The summed E-state index contributed by atoms with van der Waals surface area (Å²) in [5.41, 5.74) is 3.56. The van der Waals surface area contributed by atoms with Gasteiger partial charge in [0.15, 0.2) is 0 Å². The van der Waals surface area contributed by atoms with Gasteiger partial charge in [0.2, 0.25) is 0 Å². The lowest BCUT2D eigenvalue weighted by molar-refractivity contribution is 0.0697. The van der Waals surface area contributed by atoms with Crippen molar-refractivity contribution in [2.75, 3.05) is 4.31 Å². The van der Waals surface area contributed by atoms with Gasteiger partial charge in [-0.25, -0.2) is 4.79 Å². The van der Waals surface area contributed by atoms with Gasteiger partial charge in [0.25, 0.3) is 0 Å². The van der Waals surface area contributed by atoms with E-state index >= 15 is 0 Å². The van der Waals surface area contributed by atoms with Crippen molar-refractivity contribution in [1.82, 2.24) is 0 Å². The third kappa shape index (κ3) is 4.56. The molecule has 0 fully saturated rings. The molecule has 0 amide bonds. The monoisotopic (exact) mass is 484 g/mol. The molecule has 0 aliphatic carbocycles. The number of rotatable bonds is 7. The molecule has 0 aliphatic heterocycles. The first kappa shape index (κ1) is 22.5. The van der Waals surface area contributed by atoms with Gasteiger partial charge in [-0.15, -0.1) is 11.3 Å². The quantitative estimate of drug-likeness (QED) is 0.313. The molecule has 4 aromatic rings. The van der Waals surface area contributed by atoms with Crippen LogP contribution in [0.15, 0.2) is 66.7 Å². The zero-order valence-electron chi connectivity index (χ0n) is 17.1. The van der Waals surface area contributed by atoms with E-state index in [0.717, 1.165) is 26.8 Å². The molecule has 0 saturated heterocycles. The normalized spacial score (nSPS) is 12.1. The maximum Gasteiger partial charge on any atom is 0.335 e. The Morgan fingerprint density at radius 2 is 1.81 bits per heavy atom. The molecule has 0 radical (unpaired) electrons. The largest absolute Gasteiger partial charge is 0.755 e. The van der Waals surface area contributed by atoms with E-state index in [-0.39, 0.29) is 5.56 Å². The Balaban J connectivity index is 1.68. The number of thiophene rings is 1. The van der Waals surface area contributed by atoms with Crippen LogP contribution in [0.4, 0.5) is 10.7 Å². The summed E-state index contributed by atoms with van der Waals surface area (Å²) >= 11 is 5.04. The number of carboxylic acid groups (broad SMARTS) is 1. The number of carboxylic acids is 1. The van der Waals surface area contributed by atoms with Crippen LogP contribution in [0.2, 0.25) is 5.02 Å². The van der Waals surface area contributed by atoms with Crippen molar-refractivity contribution >= 4 is 60.9 Å². The van der Waals surface area contributed by atoms with Crippen molar-refractivity contribution in [2.24, 2.45) is 0 Å². The first-order valence-corrected chi connectivity index (χ1v) is 12.1. The molecule has 3 aromatic carbocycles. The molecule has 1 atom stereocenters. The Morgan fingerprint density at radius 1 is 1.09 bits per heavy atom. The second-order valence-corrected chi connectivity index (χ2v) is 9.58. The van der Waals surface area contributed by atoms with Gasteiger partial charge in [0, 0.05) is 9.72 Å². The van der Waals surface area contributed by atoms with Crippen LogP contribution < -0.4 is 4.31 Å². The van der Waals surface area contributed by atoms with Crippen LogP contribution in [0, 0.1) is 6.92 Å². The van der Waals surface area contributed by atoms with Crippen LogP contribution >= 0.6 is 22.9 Å². The minimum atomic E-state index is -2.52. The third-order valence-corrected chi connectivity index (χ3v) is 7.59. The van der Waals surface area contributed by atoms with Crippen molar-refractivity contribution in [3.63, 3.8) is 0 Å². The molecule has 1 N–H and O–H groups in total. The van der Waals surface area contributed by atoms with E-state index in [1.807, 2.05) is 37.3 Å². The Hall–Kier alpha value is -2.71. The number of carbonyl (C=O) groups is 1. The molecule has 4 rings (SSSR count). The van der Waals surface area contributed by atoms with Gasteiger partial charge < -0.3 is 9.66 Å². The molecule has 1 aromatic heterocycles. The predicted octanol–water partition coefficient (Wildman–Crippen LogP) is 6.28. The molecule has 0 saturated carbocycles.